The summed E-state index contributed by atoms with van der Waals surface area (Å²) >= 11 is 9.03. The van der Waals surface area contributed by atoms with Gasteiger partial charge in [-0.15, -0.1) is 0 Å². The molecule has 1 N–H and O–H groups in total. The summed E-state index contributed by atoms with van der Waals surface area (Å²) in [6, 6.07) is 6.16. The fourth-order valence-electron chi connectivity index (χ4n) is 1.59. The van der Waals surface area contributed by atoms with Crippen LogP contribution in [0, 0.1) is 5.82 Å². The molecule has 0 spiro atoms. The molecule has 6 heteroatoms. The van der Waals surface area contributed by atoms with E-state index in [0.717, 1.165) is 12.8 Å². The summed E-state index contributed by atoms with van der Waals surface area (Å²) < 4.78 is 14.4. The molecule has 0 aliphatic heterocycles. The van der Waals surface area contributed by atoms with Gasteiger partial charge in [-0.05, 0) is 40.5 Å². The lowest BCUT2D eigenvalue weighted by atomic mass is 10.3. The van der Waals surface area contributed by atoms with Gasteiger partial charge in [0.1, 0.15) is 22.1 Å². The van der Waals surface area contributed by atoms with Crippen molar-refractivity contribution >= 4 is 39.0 Å². The fraction of sp³-hybridized carbons (Fsp3) is 0.231. The lowest BCUT2D eigenvalue weighted by Crippen LogP contribution is -2.01. The van der Waals surface area contributed by atoms with Crippen LogP contribution in [0.4, 0.5) is 15.9 Å². The summed E-state index contributed by atoms with van der Waals surface area (Å²) in [7, 11) is 0. The maximum absolute atomic E-state index is 13.7. The predicted octanol–water partition coefficient (Wildman–Crippen LogP) is 4.73. The van der Waals surface area contributed by atoms with Gasteiger partial charge in [0.2, 0.25) is 0 Å². The summed E-state index contributed by atoms with van der Waals surface area (Å²) in [5, 5.41) is 3.28. The molecule has 0 saturated carbocycles. The number of aryl methyl sites for hydroxylation is 1. The first-order valence-electron chi connectivity index (χ1n) is 5.84. The van der Waals surface area contributed by atoms with Crippen molar-refractivity contribution in [1.29, 1.82) is 0 Å². The van der Waals surface area contributed by atoms with Gasteiger partial charge in [0.05, 0.1) is 5.69 Å². The molecule has 1 aromatic carbocycles. The molecule has 0 aliphatic carbocycles. The highest BCUT2D eigenvalue weighted by atomic mass is 79.9. The Balaban J connectivity index is 2.27. The van der Waals surface area contributed by atoms with Crippen LogP contribution in [0.5, 0.6) is 0 Å². The first-order chi connectivity index (χ1) is 9.08. The van der Waals surface area contributed by atoms with Gasteiger partial charge in [-0.2, -0.15) is 0 Å². The first-order valence-corrected chi connectivity index (χ1v) is 7.01. The Bertz CT molecular complexity index is 592. The third-order valence-corrected chi connectivity index (χ3v) is 3.05. The van der Waals surface area contributed by atoms with Gasteiger partial charge in [0, 0.05) is 17.5 Å². The van der Waals surface area contributed by atoms with Crippen molar-refractivity contribution in [2.75, 3.05) is 5.32 Å². The van der Waals surface area contributed by atoms with Gasteiger partial charge in [0.25, 0.3) is 0 Å². The van der Waals surface area contributed by atoms with Crippen molar-refractivity contribution < 1.29 is 4.39 Å². The van der Waals surface area contributed by atoms with Crippen molar-refractivity contribution in [2.24, 2.45) is 0 Å². The highest BCUT2D eigenvalue weighted by Gasteiger charge is 2.06. The number of nitrogens with zero attached hydrogens (tertiary/aromatic N) is 2. The van der Waals surface area contributed by atoms with E-state index in [9.17, 15) is 4.39 Å². The number of nitrogens with one attached hydrogen (secondary N) is 1. The molecule has 1 aromatic heterocycles. The third-order valence-electron chi connectivity index (χ3n) is 2.41. The summed E-state index contributed by atoms with van der Waals surface area (Å²) in [5.41, 5.74) is 0.331. The van der Waals surface area contributed by atoms with Crippen molar-refractivity contribution in [2.45, 2.75) is 19.8 Å². The molecule has 1 heterocycles. The van der Waals surface area contributed by atoms with E-state index >= 15 is 0 Å². The monoisotopic (exact) mass is 343 g/mol. The average molecular weight is 345 g/mol. The second-order valence-corrected chi connectivity index (χ2v) is 5.24. The average Bonchev–Trinajstić information content (AvgIpc) is 2.32. The first kappa shape index (κ1) is 14.2. The molecule has 3 nitrogen and oxygen atoms in total. The lowest BCUT2D eigenvalue weighted by molar-refractivity contribution is 0.632. The van der Waals surface area contributed by atoms with E-state index in [2.05, 4.69) is 38.1 Å². The quantitative estimate of drug-likeness (QED) is 0.815. The second kappa shape index (κ2) is 6.30. The van der Waals surface area contributed by atoms with Crippen LogP contribution in [-0.2, 0) is 6.42 Å². The van der Waals surface area contributed by atoms with E-state index in [4.69, 9.17) is 11.6 Å². The Hall–Kier alpha value is -1.20. The maximum atomic E-state index is 13.7. The Morgan fingerprint density at radius 3 is 2.79 bits per heavy atom. The molecule has 0 amide bonds. The van der Waals surface area contributed by atoms with E-state index < -0.39 is 5.82 Å². The van der Waals surface area contributed by atoms with E-state index in [0.29, 0.717) is 27.0 Å². The normalized spacial score (nSPS) is 10.5. The highest BCUT2D eigenvalue weighted by molar-refractivity contribution is 9.10. The van der Waals surface area contributed by atoms with Gasteiger partial charge in [-0.1, -0.05) is 18.5 Å². The number of halogens is 3. The molecule has 0 fully saturated rings. The molecule has 0 unspecified atom stereocenters. The zero-order chi connectivity index (χ0) is 13.8. The summed E-state index contributed by atoms with van der Waals surface area (Å²) in [5.74, 6) is 0.847. The van der Waals surface area contributed by atoms with E-state index in [-0.39, 0.29) is 0 Å². The Morgan fingerprint density at radius 2 is 2.11 bits per heavy atom. The third kappa shape index (κ3) is 3.88. The summed E-state index contributed by atoms with van der Waals surface area (Å²) in [6.45, 7) is 2.05. The minimum absolute atomic E-state index is 0.331. The van der Waals surface area contributed by atoms with Crippen LogP contribution >= 0.6 is 27.5 Å². The predicted molar refractivity (Wildman–Crippen MR) is 78.4 cm³/mol. The van der Waals surface area contributed by atoms with E-state index in [1.165, 1.54) is 6.07 Å². The molecule has 0 bridgehead atoms. The molecular formula is C13H12BrClFN3. The van der Waals surface area contributed by atoms with Crippen LogP contribution in [0.25, 0.3) is 0 Å². The summed E-state index contributed by atoms with van der Waals surface area (Å²) in [6.07, 6.45) is 1.72. The number of anilines is 2. The molecule has 0 atom stereocenters. The fourth-order valence-corrected chi connectivity index (χ4v) is 2.17. The zero-order valence-corrected chi connectivity index (χ0v) is 12.6. The van der Waals surface area contributed by atoms with Crippen LogP contribution in [0.1, 0.15) is 19.2 Å². The largest absolute Gasteiger partial charge is 0.338 e. The molecular weight excluding hydrogens is 333 g/mol. The molecule has 0 saturated heterocycles. The minimum Gasteiger partial charge on any atom is -0.338 e. The van der Waals surface area contributed by atoms with Gasteiger partial charge in [-0.3, -0.25) is 0 Å². The van der Waals surface area contributed by atoms with Crippen LogP contribution in [-0.4, -0.2) is 9.97 Å². The number of benzene rings is 1. The van der Waals surface area contributed by atoms with Gasteiger partial charge in [-0.25, -0.2) is 14.4 Å². The standard InChI is InChI=1S/C13H12BrClFN3/c1-2-3-12-18-11(14)7-13(19-12)17-10-5-4-8(15)6-9(10)16/h4-7H,2-3H2,1H3,(H,17,18,19). The van der Waals surface area contributed by atoms with E-state index in [1.807, 2.05) is 0 Å². The molecule has 2 rings (SSSR count). The molecule has 0 aliphatic rings. The Kier molecular flexibility index (Phi) is 4.71. The Morgan fingerprint density at radius 1 is 1.32 bits per heavy atom. The molecule has 19 heavy (non-hydrogen) atoms. The van der Waals surface area contributed by atoms with Gasteiger partial charge in [0.15, 0.2) is 0 Å². The number of hydrogen-bond acceptors (Lipinski definition) is 3. The van der Waals surface area contributed by atoms with Crippen LogP contribution in [0.3, 0.4) is 0 Å². The zero-order valence-electron chi connectivity index (χ0n) is 10.3. The summed E-state index contributed by atoms with van der Waals surface area (Å²) in [4.78, 5) is 8.58. The van der Waals surface area contributed by atoms with Crippen LogP contribution < -0.4 is 5.32 Å². The van der Waals surface area contributed by atoms with Crippen LogP contribution in [0.2, 0.25) is 5.02 Å². The molecule has 0 radical (unpaired) electrons. The smallest absolute Gasteiger partial charge is 0.148 e. The Labute approximate surface area is 124 Å². The van der Waals surface area contributed by atoms with Crippen LogP contribution in [0.15, 0.2) is 28.9 Å². The van der Waals surface area contributed by atoms with Crippen molar-refractivity contribution in [3.05, 3.63) is 45.5 Å². The van der Waals surface area contributed by atoms with Gasteiger partial charge >= 0.3 is 0 Å². The second-order valence-electron chi connectivity index (χ2n) is 3.99. The van der Waals surface area contributed by atoms with E-state index in [1.54, 1.807) is 18.2 Å². The van der Waals surface area contributed by atoms with Gasteiger partial charge < -0.3 is 5.32 Å². The molecule has 2 aromatic rings. The van der Waals surface area contributed by atoms with Crippen molar-refractivity contribution in [3.8, 4) is 0 Å². The van der Waals surface area contributed by atoms with Crippen molar-refractivity contribution in [3.63, 3.8) is 0 Å². The number of rotatable bonds is 4. The molecule has 100 valence electrons. The topological polar surface area (TPSA) is 37.8 Å². The number of aromatic nitrogens is 2. The van der Waals surface area contributed by atoms with Crippen molar-refractivity contribution in [1.82, 2.24) is 9.97 Å². The highest BCUT2D eigenvalue weighted by Crippen LogP contribution is 2.23. The number of hydrogen-bond donors (Lipinski definition) is 1. The lowest BCUT2D eigenvalue weighted by Gasteiger charge is -2.08. The SMILES string of the molecule is CCCc1nc(Br)cc(Nc2ccc(Cl)cc2F)n1. The minimum atomic E-state index is -0.417. The maximum Gasteiger partial charge on any atom is 0.148 e.